The lowest BCUT2D eigenvalue weighted by Gasteiger charge is -2.26. The Morgan fingerprint density at radius 3 is 2.50 bits per heavy atom. The molecule has 4 rings (SSSR count). The van der Waals surface area contributed by atoms with Gasteiger partial charge in [-0.05, 0) is 18.1 Å². The molecule has 0 spiro atoms. The minimum atomic E-state index is -0.742. The van der Waals surface area contributed by atoms with E-state index in [-0.39, 0.29) is 18.2 Å². The summed E-state index contributed by atoms with van der Waals surface area (Å²) in [5, 5.41) is 22.6. The summed E-state index contributed by atoms with van der Waals surface area (Å²) in [6.45, 7) is 2.09. The van der Waals surface area contributed by atoms with E-state index in [1.807, 2.05) is 30.3 Å². The van der Waals surface area contributed by atoms with Gasteiger partial charge in [0.25, 0.3) is 11.4 Å². The van der Waals surface area contributed by atoms with Crippen molar-refractivity contribution >= 4 is 29.1 Å². The average Bonchev–Trinajstić information content (AvgIpc) is 3.31. The van der Waals surface area contributed by atoms with Crippen molar-refractivity contribution in [3.05, 3.63) is 74.3 Å². The number of amides is 2. The highest BCUT2D eigenvalue weighted by Gasteiger charge is 2.55. The Morgan fingerprint density at radius 2 is 1.84 bits per heavy atom. The van der Waals surface area contributed by atoms with Crippen molar-refractivity contribution in [1.29, 1.82) is 0 Å². The molecule has 2 amide bonds. The number of fused-ring (bicyclic) bond motifs is 1. The number of carbonyl (C=O) groups excluding carboxylic acids is 2. The number of likely N-dealkylation sites (tertiary alicyclic amines) is 1. The van der Waals surface area contributed by atoms with Gasteiger partial charge in [-0.3, -0.25) is 25.0 Å². The number of carbonyl (C=O) groups is 2. The average molecular weight is 440 g/mol. The second kappa shape index (κ2) is 8.25. The first-order chi connectivity index (χ1) is 15.3. The van der Waals surface area contributed by atoms with Crippen molar-refractivity contribution < 1.29 is 24.2 Å². The van der Waals surface area contributed by atoms with Gasteiger partial charge >= 0.3 is 6.09 Å². The van der Waals surface area contributed by atoms with E-state index < -0.39 is 45.3 Å². The van der Waals surface area contributed by atoms with Crippen molar-refractivity contribution in [2.24, 2.45) is 5.92 Å². The Morgan fingerprint density at radius 1 is 1.12 bits per heavy atom. The molecule has 0 unspecified atom stereocenters. The summed E-state index contributed by atoms with van der Waals surface area (Å²) in [4.78, 5) is 49.7. The topological polar surface area (TPSA) is 136 Å². The number of nitro benzene ring substituents is 2. The maximum Gasteiger partial charge on any atom is 0.410 e. The Hall–Kier alpha value is -4.02. The van der Waals surface area contributed by atoms with Crippen molar-refractivity contribution in [1.82, 2.24) is 4.90 Å². The lowest BCUT2D eigenvalue weighted by Crippen LogP contribution is -2.42. The molecule has 0 saturated carbocycles. The molecule has 0 bridgehead atoms. The molecular formula is C21H20N4O7. The third-order valence-electron chi connectivity index (χ3n) is 5.96. The second-order valence-corrected chi connectivity index (χ2v) is 7.76. The summed E-state index contributed by atoms with van der Waals surface area (Å²) in [6.07, 6.45) is -0.143. The van der Waals surface area contributed by atoms with Crippen LogP contribution in [0.4, 0.5) is 21.9 Å². The maximum absolute atomic E-state index is 13.1. The number of hydrogen-bond acceptors (Lipinski definition) is 7. The molecule has 2 aromatic carbocycles. The molecule has 2 fully saturated rings. The van der Waals surface area contributed by atoms with E-state index in [0.29, 0.717) is 13.0 Å². The van der Waals surface area contributed by atoms with Gasteiger partial charge in [-0.1, -0.05) is 37.3 Å². The zero-order valence-electron chi connectivity index (χ0n) is 17.1. The van der Waals surface area contributed by atoms with E-state index in [9.17, 15) is 29.8 Å². The standard InChI is InChI=1S/C21H20N4O7/c1-13-19-17(9-10-22(19)21(27)32-12-14-5-3-2-4-6-14)23(20(13)26)16-8-7-15(24(28)29)11-18(16)25(30)31/h2-8,11,13,17,19H,9-10,12H2,1H3/t13-,17-,19+/m0/s1. The smallest absolute Gasteiger partial charge is 0.410 e. The Balaban J connectivity index is 1.58. The second-order valence-electron chi connectivity index (χ2n) is 7.76. The first kappa shape index (κ1) is 21.2. The molecule has 2 saturated heterocycles. The third kappa shape index (κ3) is 3.61. The lowest BCUT2D eigenvalue weighted by molar-refractivity contribution is -0.393. The molecule has 0 N–H and O–H groups in total. The number of rotatable bonds is 5. The van der Waals surface area contributed by atoms with Gasteiger partial charge in [-0.15, -0.1) is 0 Å². The van der Waals surface area contributed by atoms with Gasteiger partial charge in [0.1, 0.15) is 12.3 Å². The van der Waals surface area contributed by atoms with Crippen LogP contribution < -0.4 is 4.90 Å². The van der Waals surface area contributed by atoms with E-state index in [4.69, 9.17) is 4.74 Å². The van der Waals surface area contributed by atoms with Gasteiger partial charge in [0.15, 0.2) is 0 Å². The molecule has 2 aromatic rings. The lowest BCUT2D eigenvalue weighted by atomic mass is 10.0. The van der Waals surface area contributed by atoms with E-state index in [0.717, 1.165) is 17.7 Å². The van der Waals surface area contributed by atoms with Crippen LogP contribution in [-0.4, -0.2) is 45.4 Å². The van der Waals surface area contributed by atoms with Crippen molar-refractivity contribution in [3.8, 4) is 0 Å². The molecule has 2 heterocycles. The number of anilines is 1. The normalized spacial score (nSPS) is 22.0. The predicted molar refractivity (Wildman–Crippen MR) is 112 cm³/mol. The predicted octanol–water partition coefficient (Wildman–Crippen LogP) is 3.27. The largest absolute Gasteiger partial charge is 0.445 e. The molecule has 2 aliphatic rings. The SMILES string of the molecule is C[C@@H]1C(=O)N(c2ccc([N+](=O)[O-])cc2[N+](=O)[O-])[C@H]2CCN(C(=O)OCc3ccccc3)[C@H]12. The fourth-order valence-electron chi connectivity index (χ4n) is 4.50. The first-order valence-corrected chi connectivity index (χ1v) is 10.0. The van der Waals surface area contributed by atoms with Crippen LogP contribution in [0.15, 0.2) is 48.5 Å². The summed E-state index contributed by atoms with van der Waals surface area (Å²) in [6, 6.07) is 11.4. The van der Waals surface area contributed by atoms with Crippen LogP contribution in [0.2, 0.25) is 0 Å². The van der Waals surface area contributed by atoms with Gasteiger partial charge in [0.2, 0.25) is 5.91 Å². The molecule has 3 atom stereocenters. The molecule has 0 radical (unpaired) electrons. The molecule has 0 aromatic heterocycles. The maximum atomic E-state index is 13.1. The number of nitrogens with zero attached hydrogens (tertiary/aromatic N) is 4. The van der Waals surface area contributed by atoms with Crippen molar-refractivity contribution in [2.45, 2.75) is 32.0 Å². The van der Waals surface area contributed by atoms with Crippen LogP contribution in [0.25, 0.3) is 0 Å². The molecule has 11 nitrogen and oxygen atoms in total. The van der Waals surface area contributed by atoms with Gasteiger partial charge in [-0.25, -0.2) is 4.79 Å². The molecule has 0 aliphatic carbocycles. The third-order valence-corrected chi connectivity index (χ3v) is 5.96. The van der Waals surface area contributed by atoms with Crippen LogP contribution in [0.3, 0.4) is 0 Å². The van der Waals surface area contributed by atoms with E-state index in [2.05, 4.69) is 0 Å². The molecule has 32 heavy (non-hydrogen) atoms. The summed E-state index contributed by atoms with van der Waals surface area (Å²) < 4.78 is 5.42. The molecular weight excluding hydrogens is 420 g/mol. The highest BCUT2D eigenvalue weighted by molar-refractivity contribution is 6.01. The van der Waals surface area contributed by atoms with E-state index >= 15 is 0 Å². The quantitative estimate of drug-likeness (QED) is 0.514. The first-order valence-electron chi connectivity index (χ1n) is 10.0. The minimum Gasteiger partial charge on any atom is -0.445 e. The van der Waals surface area contributed by atoms with Gasteiger partial charge < -0.3 is 14.5 Å². The summed E-state index contributed by atoms with van der Waals surface area (Å²) in [5.41, 5.74) is -0.139. The van der Waals surface area contributed by atoms with Crippen LogP contribution >= 0.6 is 0 Å². The summed E-state index contributed by atoms with van der Waals surface area (Å²) in [7, 11) is 0. The van der Waals surface area contributed by atoms with Crippen molar-refractivity contribution in [2.75, 3.05) is 11.4 Å². The molecule has 11 heteroatoms. The van der Waals surface area contributed by atoms with Crippen molar-refractivity contribution in [3.63, 3.8) is 0 Å². The van der Waals surface area contributed by atoms with E-state index in [1.165, 1.54) is 15.9 Å². The molecule has 166 valence electrons. The monoisotopic (exact) mass is 440 g/mol. The number of ether oxygens (including phenoxy) is 1. The summed E-state index contributed by atoms with van der Waals surface area (Å²) in [5.74, 6) is -0.987. The number of hydrogen-bond donors (Lipinski definition) is 0. The summed E-state index contributed by atoms with van der Waals surface area (Å²) >= 11 is 0. The van der Waals surface area contributed by atoms with Crippen LogP contribution in [0.5, 0.6) is 0 Å². The molecule has 2 aliphatic heterocycles. The minimum absolute atomic E-state index is 0.00977. The van der Waals surface area contributed by atoms with Gasteiger partial charge in [-0.2, -0.15) is 0 Å². The zero-order chi connectivity index (χ0) is 23.0. The Kier molecular flexibility index (Phi) is 5.47. The highest BCUT2D eigenvalue weighted by atomic mass is 16.6. The van der Waals surface area contributed by atoms with Crippen LogP contribution in [0.1, 0.15) is 18.9 Å². The highest BCUT2D eigenvalue weighted by Crippen LogP contribution is 2.43. The van der Waals surface area contributed by atoms with E-state index in [1.54, 1.807) is 6.92 Å². The fraction of sp³-hybridized carbons (Fsp3) is 0.333. The van der Waals surface area contributed by atoms with Gasteiger partial charge in [0.05, 0.1) is 33.9 Å². The number of non-ortho nitro benzene ring substituents is 1. The van der Waals surface area contributed by atoms with Crippen LogP contribution in [0, 0.1) is 26.1 Å². The van der Waals surface area contributed by atoms with Gasteiger partial charge in [0, 0.05) is 12.6 Å². The number of benzene rings is 2. The zero-order valence-corrected chi connectivity index (χ0v) is 17.1. The Bertz CT molecular complexity index is 1090. The fourth-order valence-corrected chi connectivity index (χ4v) is 4.50. The number of nitro groups is 2. The Labute approximate surface area is 182 Å². The van der Waals surface area contributed by atoms with Crippen LogP contribution in [-0.2, 0) is 16.1 Å².